The number of aromatic nitrogens is 2. The standard InChI is InChI=1S/C23H21ClN4O3/c1-27-12-4-7-16(23(30)31)19(27)20-14-5-2-3-6-15(14)22(29)28(20)18-11-9-13-8-10-17(24)25-21(13)26-18/h2-3,5-6,8-11,16,19-20H,4,7,12H2,1H3,(H,30,31). The lowest BCUT2D eigenvalue weighted by Crippen LogP contribution is -2.53. The summed E-state index contributed by atoms with van der Waals surface area (Å²) in [5.41, 5.74) is 1.86. The number of carboxylic acids is 1. The summed E-state index contributed by atoms with van der Waals surface area (Å²) in [4.78, 5) is 38.3. The van der Waals surface area contributed by atoms with E-state index in [0.29, 0.717) is 28.6 Å². The summed E-state index contributed by atoms with van der Waals surface area (Å²) in [6, 6.07) is 13.7. The van der Waals surface area contributed by atoms with Crippen LogP contribution in [0.4, 0.5) is 5.82 Å². The smallest absolute Gasteiger partial charge is 0.308 e. The van der Waals surface area contributed by atoms with Gasteiger partial charge in [0.15, 0.2) is 5.65 Å². The summed E-state index contributed by atoms with van der Waals surface area (Å²) in [6.45, 7) is 0.775. The number of amides is 1. The van der Waals surface area contributed by atoms with Crippen molar-refractivity contribution in [2.24, 2.45) is 5.92 Å². The maximum atomic E-state index is 13.5. The highest BCUT2D eigenvalue weighted by atomic mass is 35.5. The number of carboxylic acid groups (broad SMARTS) is 1. The first kappa shape index (κ1) is 19.9. The Morgan fingerprint density at radius 1 is 1.13 bits per heavy atom. The molecule has 1 amide bonds. The minimum absolute atomic E-state index is 0.183. The van der Waals surface area contributed by atoms with Crippen LogP contribution in [0.1, 0.15) is 34.8 Å². The number of carbonyl (C=O) groups excluding carboxylic acids is 1. The molecule has 3 aromatic rings. The van der Waals surface area contributed by atoms with Crippen LogP contribution in [0, 0.1) is 5.92 Å². The first-order chi connectivity index (χ1) is 15.0. The van der Waals surface area contributed by atoms with Crippen LogP contribution < -0.4 is 4.90 Å². The Labute approximate surface area is 184 Å². The molecular weight excluding hydrogens is 416 g/mol. The zero-order valence-electron chi connectivity index (χ0n) is 16.9. The number of likely N-dealkylation sites (N-methyl/N-ethyl adjacent to an activating group) is 1. The fourth-order valence-electron chi connectivity index (χ4n) is 4.95. The van der Waals surface area contributed by atoms with Crippen molar-refractivity contribution in [2.75, 3.05) is 18.5 Å². The van der Waals surface area contributed by atoms with Crippen LogP contribution >= 0.6 is 11.6 Å². The molecule has 31 heavy (non-hydrogen) atoms. The molecule has 8 heteroatoms. The topological polar surface area (TPSA) is 86.6 Å². The number of halogens is 1. The Morgan fingerprint density at radius 2 is 1.90 bits per heavy atom. The molecule has 3 atom stereocenters. The van der Waals surface area contributed by atoms with Crippen molar-refractivity contribution in [1.82, 2.24) is 14.9 Å². The lowest BCUT2D eigenvalue weighted by Gasteiger charge is -2.43. The van der Waals surface area contributed by atoms with E-state index in [9.17, 15) is 14.7 Å². The van der Waals surface area contributed by atoms with E-state index < -0.39 is 17.9 Å². The van der Waals surface area contributed by atoms with Crippen LogP contribution in [-0.4, -0.2) is 51.5 Å². The molecule has 158 valence electrons. The van der Waals surface area contributed by atoms with E-state index in [4.69, 9.17) is 11.6 Å². The first-order valence-electron chi connectivity index (χ1n) is 10.2. The van der Waals surface area contributed by atoms with Crippen LogP contribution in [0.2, 0.25) is 5.15 Å². The summed E-state index contributed by atoms with van der Waals surface area (Å²) < 4.78 is 0. The molecule has 0 radical (unpaired) electrons. The first-order valence-corrected chi connectivity index (χ1v) is 10.6. The van der Waals surface area contributed by atoms with Crippen LogP contribution in [0.3, 0.4) is 0 Å². The summed E-state index contributed by atoms with van der Waals surface area (Å²) in [6.07, 6.45) is 1.39. The summed E-state index contributed by atoms with van der Waals surface area (Å²) >= 11 is 6.05. The molecule has 2 aliphatic heterocycles. The number of anilines is 1. The van der Waals surface area contributed by atoms with Gasteiger partial charge in [0.25, 0.3) is 5.91 Å². The summed E-state index contributed by atoms with van der Waals surface area (Å²) in [5, 5.41) is 11.1. The largest absolute Gasteiger partial charge is 0.481 e. The van der Waals surface area contributed by atoms with Gasteiger partial charge in [0.1, 0.15) is 11.0 Å². The highest BCUT2D eigenvalue weighted by molar-refractivity contribution is 6.29. The zero-order valence-corrected chi connectivity index (χ0v) is 17.7. The molecule has 0 saturated carbocycles. The van der Waals surface area contributed by atoms with Gasteiger partial charge in [0.05, 0.1) is 12.0 Å². The molecule has 2 aliphatic rings. The normalized spacial score (nSPS) is 23.9. The molecule has 2 aromatic heterocycles. The van der Waals surface area contributed by atoms with Gasteiger partial charge in [0.2, 0.25) is 0 Å². The average Bonchev–Trinajstić information content (AvgIpc) is 3.05. The number of aliphatic carboxylic acids is 1. The van der Waals surface area contributed by atoms with E-state index in [1.165, 1.54) is 0 Å². The van der Waals surface area contributed by atoms with E-state index in [0.717, 1.165) is 23.9 Å². The molecular formula is C23H21ClN4O3. The molecule has 3 unspecified atom stereocenters. The number of hydrogen-bond donors (Lipinski definition) is 1. The zero-order chi connectivity index (χ0) is 21.7. The lowest BCUT2D eigenvalue weighted by molar-refractivity contribution is -0.146. The summed E-state index contributed by atoms with van der Waals surface area (Å²) in [7, 11) is 1.93. The van der Waals surface area contributed by atoms with Gasteiger partial charge in [-0.15, -0.1) is 0 Å². The van der Waals surface area contributed by atoms with Crippen molar-refractivity contribution in [2.45, 2.75) is 24.9 Å². The van der Waals surface area contributed by atoms with E-state index in [1.807, 2.05) is 37.4 Å². The molecule has 5 rings (SSSR count). The minimum Gasteiger partial charge on any atom is -0.481 e. The number of carbonyl (C=O) groups is 2. The van der Waals surface area contributed by atoms with E-state index in [2.05, 4.69) is 14.9 Å². The second-order valence-corrected chi connectivity index (χ2v) is 8.50. The molecule has 4 heterocycles. The molecule has 1 aromatic carbocycles. The lowest BCUT2D eigenvalue weighted by atomic mass is 9.82. The van der Waals surface area contributed by atoms with Gasteiger partial charge in [-0.1, -0.05) is 29.8 Å². The van der Waals surface area contributed by atoms with Crippen molar-refractivity contribution in [1.29, 1.82) is 0 Å². The number of hydrogen-bond acceptors (Lipinski definition) is 5. The highest BCUT2D eigenvalue weighted by Gasteiger charge is 2.49. The van der Waals surface area contributed by atoms with Crippen LogP contribution in [-0.2, 0) is 4.79 Å². The number of pyridine rings is 2. The maximum Gasteiger partial charge on any atom is 0.308 e. The SMILES string of the molecule is CN1CCCC(C(=O)O)C1C1c2ccccc2C(=O)N1c1ccc2ccc(Cl)nc2n1. The molecule has 0 spiro atoms. The third-order valence-corrected chi connectivity index (χ3v) is 6.56. The second kappa shape index (κ2) is 7.59. The Hall–Kier alpha value is -3.03. The van der Waals surface area contributed by atoms with Gasteiger partial charge in [-0.05, 0) is 62.3 Å². The highest BCUT2D eigenvalue weighted by Crippen LogP contribution is 2.44. The number of nitrogens with zero attached hydrogens (tertiary/aromatic N) is 4. The Bertz CT molecular complexity index is 1200. The van der Waals surface area contributed by atoms with Gasteiger partial charge in [-0.2, -0.15) is 0 Å². The monoisotopic (exact) mass is 436 g/mol. The fourth-order valence-corrected chi connectivity index (χ4v) is 5.09. The number of likely N-dealkylation sites (tertiary alicyclic amines) is 1. The average molecular weight is 437 g/mol. The van der Waals surface area contributed by atoms with Crippen LogP contribution in [0.25, 0.3) is 11.0 Å². The fraction of sp³-hybridized carbons (Fsp3) is 0.304. The Kier molecular flexibility index (Phi) is 4.87. The molecule has 7 nitrogen and oxygen atoms in total. The Morgan fingerprint density at radius 3 is 2.71 bits per heavy atom. The van der Waals surface area contributed by atoms with E-state index >= 15 is 0 Å². The predicted molar refractivity (Wildman–Crippen MR) is 117 cm³/mol. The molecule has 1 N–H and O–H groups in total. The van der Waals surface area contributed by atoms with Crippen LogP contribution in [0.15, 0.2) is 48.5 Å². The van der Waals surface area contributed by atoms with Gasteiger partial charge in [-0.3, -0.25) is 14.5 Å². The van der Waals surface area contributed by atoms with E-state index in [1.54, 1.807) is 23.1 Å². The van der Waals surface area contributed by atoms with Crippen LogP contribution in [0.5, 0.6) is 0 Å². The van der Waals surface area contributed by atoms with Crippen molar-refractivity contribution in [3.05, 3.63) is 64.8 Å². The number of benzene rings is 1. The van der Waals surface area contributed by atoms with Gasteiger partial charge >= 0.3 is 5.97 Å². The van der Waals surface area contributed by atoms with Gasteiger partial charge in [0, 0.05) is 17.0 Å². The predicted octanol–water partition coefficient (Wildman–Crippen LogP) is 3.78. The van der Waals surface area contributed by atoms with Crippen molar-refractivity contribution in [3.63, 3.8) is 0 Å². The number of rotatable bonds is 3. The molecule has 1 fully saturated rings. The van der Waals surface area contributed by atoms with Crippen molar-refractivity contribution in [3.8, 4) is 0 Å². The molecule has 1 saturated heterocycles. The summed E-state index contributed by atoms with van der Waals surface area (Å²) in [5.74, 6) is -1.17. The number of piperidine rings is 1. The van der Waals surface area contributed by atoms with E-state index in [-0.39, 0.29) is 11.9 Å². The maximum absolute atomic E-state index is 13.5. The molecule has 0 aliphatic carbocycles. The van der Waals surface area contributed by atoms with Gasteiger partial charge < -0.3 is 10.0 Å². The third-order valence-electron chi connectivity index (χ3n) is 6.35. The van der Waals surface area contributed by atoms with Crippen molar-refractivity contribution >= 4 is 40.3 Å². The second-order valence-electron chi connectivity index (χ2n) is 8.12. The number of fused-ring (bicyclic) bond motifs is 2. The third kappa shape index (κ3) is 3.25. The van der Waals surface area contributed by atoms with Crippen molar-refractivity contribution < 1.29 is 14.7 Å². The Balaban J connectivity index is 1.68. The minimum atomic E-state index is -0.840. The molecule has 0 bridgehead atoms. The van der Waals surface area contributed by atoms with Gasteiger partial charge in [-0.25, -0.2) is 9.97 Å². The quantitative estimate of drug-likeness (QED) is 0.629.